The van der Waals surface area contributed by atoms with Crippen LogP contribution in [0.3, 0.4) is 0 Å². The molecule has 2 aromatic rings. The van der Waals surface area contributed by atoms with Gasteiger partial charge in [-0.05, 0) is 32.9 Å². The Kier molecular flexibility index (Phi) is 6.09. The maximum atomic E-state index is 14.1. The van der Waals surface area contributed by atoms with Gasteiger partial charge in [-0.2, -0.15) is 0 Å². The van der Waals surface area contributed by atoms with Gasteiger partial charge in [-0.1, -0.05) is 11.6 Å². The molecule has 10 heteroatoms. The minimum Gasteiger partial charge on any atom is -0.474 e. The van der Waals surface area contributed by atoms with Crippen molar-refractivity contribution in [3.8, 4) is 5.88 Å². The molecule has 0 aliphatic carbocycles. The first kappa shape index (κ1) is 21.4. The van der Waals surface area contributed by atoms with Crippen molar-refractivity contribution in [2.45, 2.75) is 38.4 Å². The summed E-state index contributed by atoms with van der Waals surface area (Å²) in [6.45, 7) is 3.17. The number of nitrogens with zero attached hydrogens (tertiary/aromatic N) is 3. The van der Waals surface area contributed by atoms with Crippen molar-refractivity contribution in [2.75, 3.05) is 26.3 Å². The molecule has 0 spiro atoms. The minimum absolute atomic E-state index is 0.104. The highest BCUT2D eigenvalue weighted by atomic mass is 35.5. The van der Waals surface area contributed by atoms with Crippen LogP contribution in [0.5, 0.6) is 5.88 Å². The normalized spacial score (nSPS) is 19.7. The van der Waals surface area contributed by atoms with Crippen molar-refractivity contribution >= 4 is 28.6 Å². The lowest BCUT2D eigenvalue weighted by Gasteiger charge is -2.28. The molecule has 0 aromatic carbocycles. The lowest BCUT2D eigenvalue weighted by Crippen LogP contribution is -2.45. The van der Waals surface area contributed by atoms with E-state index in [1.807, 2.05) is 0 Å². The molecule has 1 amide bonds. The first-order valence-electron chi connectivity index (χ1n) is 9.04. The van der Waals surface area contributed by atoms with E-state index in [9.17, 15) is 13.6 Å². The Morgan fingerprint density at radius 3 is 2.93 bits per heavy atom. The Morgan fingerprint density at radius 2 is 2.21 bits per heavy atom. The van der Waals surface area contributed by atoms with Gasteiger partial charge in [-0.3, -0.25) is 9.88 Å². The number of ether oxygens (including phenoxy) is 3. The number of alkyl halides is 2. The molecular weight excluding hydrogens is 408 g/mol. The summed E-state index contributed by atoms with van der Waals surface area (Å²) < 4.78 is 44.3. The first-order chi connectivity index (χ1) is 13.5. The van der Waals surface area contributed by atoms with Crippen molar-refractivity contribution < 1.29 is 27.8 Å². The molecule has 0 N–H and O–H groups in total. The Labute approximate surface area is 171 Å². The standard InChI is InChI=1S/C19H22ClF2N3O4/c1-18(2,3)29-17(26)25-8-12(28-11-19(21,22)10-25)9-27-16-13-5-4-6-23-14(13)7-15(20)24-16/h4-7,12H,8-11H2,1-3H3/t12-/m0/s1. The second-order valence-electron chi connectivity index (χ2n) is 7.78. The van der Waals surface area contributed by atoms with Gasteiger partial charge in [0.1, 0.15) is 30.1 Å². The van der Waals surface area contributed by atoms with Crippen molar-refractivity contribution in [3.05, 3.63) is 29.5 Å². The average Bonchev–Trinajstić information content (AvgIpc) is 2.76. The molecule has 3 heterocycles. The van der Waals surface area contributed by atoms with Gasteiger partial charge in [0.15, 0.2) is 0 Å². The van der Waals surface area contributed by atoms with Gasteiger partial charge < -0.3 is 14.2 Å². The van der Waals surface area contributed by atoms with E-state index in [-0.39, 0.29) is 24.2 Å². The van der Waals surface area contributed by atoms with E-state index < -0.39 is 36.9 Å². The molecule has 1 fully saturated rings. The molecular formula is C19H22ClF2N3O4. The van der Waals surface area contributed by atoms with E-state index in [0.29, 0.717) is 10.9 Å². The Balaban J connectivity index is 1.74. The maximum absolute atomic E-state index is 14.1. The number of carbonyl (C=O) groups excluding carboxylic acids is 1. The molecule has 1 atom stereocenters. The molecule has 29 heavy (non-hydrogen) atoms. The zero-order valence-electron chi connectivity index (χ0n) is 16.3. The predicted octanol–water partition coefficient (Wildman–Crippen LogP) is 3.93. The van der Waals surface area contributed by atoms with E-state index in [1.54, 1.807) is 45.2 Å². The summed E-state index contributed by atoms with van der Waals surface area (Å²) in [4.78, 5) is 21.6. The zero-order valence-corrected chi connectivity index (χ0v) is 17.1. The molecule has 3 rings (SSSR count). The topological polar surface area (TPSA) is 73.8 Å². The summed E-state index contributed by atoms with van der Waals surface area (Å²) >= 11 is 6.00. The second kappa shape index (κ2) is 8.23. The molecule has 0 saturated carbocycles. The molecule has 7 nitrogen and oxygen atoms in total. The molecule has 1 saturated heterocycles. The highest BCUT2D eigenvalue weighted by molar-refractivity contribution is 6.30. The number of carbonyl (C=O) groups is 1. The summed E-state index contributed by atoms with van der Waals surface area (Å²) in [6.07, 6.45) is -0.0240. The zero-order chi connectivity index (χ0) is 21.2. The van der Waals surface area contributed by atoms with Crippen LogP contribution >= 0.6 is 11.6 Å². The van der Waals surface area contributed by atoms with Crippen molar-refractivity contribution in [2.24, 2.45) is 0 Å². The van der Waals surface area contributed by atoms with Gasteiger partial charge in [-0.25, -0.2) is 18.6 Å². The summed E-state index contributed by atoms with van der Waals surface area (Å²) in [7, 11) is 0. The molecule has 0 radical (unpaired) electrons. The van der Waals surface area contributed by atoms with Gasteiger partial charge in [0.25, 0.3) is 5.92 Å². The van der Waals surface area contributed by atoms with E-state index in [2.05, 4.69) is 9.97 Å². The van der Waals surface area contributed by atoms with E-state index in [4.69, 9.17) is 25.8 Å². The van der Waals surface area contributed by atoms with Gasteiger partial charge in [0, 0.05) is 12.3 Å². The van der Waals surface area contributed by atoms with Crippen LogP contribution in [0, 0.1) is 0 Å². The predicted molar refractivity (Wildman–Crippen MR) is 103 cm³/mol. The number of hydrogen-bond donors (Lipinski definition) is 0. The van der Waals surface area contributed by atoms with Crippen LogP contribution in [0.2, 0.25) is 5.15 Å². The fraction of sp³-hybridized carbons (Fsp3) is 0.526. The average molecular weight is 430 g/mol. The van der Waals surface area contributed by atoms with Gasteiger partial charge in [0.05, 0.1) is 24.0 Å². The monoisotopic (exact) mass is 429 g/mol. The van der Waals surface area contributed by atoms with Crippen molar-refractivity contribution in [1.29, 1.82) is 0 Å². The third-order valence-corrected chi connectivity index (χ3v) is 4.16. The van der Waals surface area contributed by atoms with Gasteiger partial charge >= 0.3 is 6.09 Å². The fourth-order valence-electron chi connectivity index (χ4n) is 2.79. The van der Waals surface area contributed by atoms with Crippen LogP contribution in [-0.4, -0.2) is 64.9 Å². The summed E-state index contributed by atoms with van der Waals surface area (Å²) in [6, 6.07) is 5.07. The summed E-state index contributed by atoms with van der Waals surface area (Å²) in [5.41, 5.74) is -0.214. The molecule has 158 valence electrons. The number of hydrogen-bond acceptors (Lipinski definition) is 6. The van der Waals surface area contributed by atoms with Crippen LogP contribution in [0.15, 0.2) is 24.4 Å². The van der Waals surface area contributed by atoms with Gasteiger partial charge in [-0.15, -0.1) is 0 Å². The Morgan fingerprint density at radius 1 is 1.45 bits per heavy atom. The van der Waals surface area contributed by atoms with Crippen LogP contribution in [0.4, 0.5) is 13.6 Å². The Hall–Kier alpha value is -2.26. The van der Waals surface area contributed by atoms with E-state index >= 15 is 0 Å². The third kappa shape index (κ3) is 5.86. The molecule has 0 unspecified atom stereocenters. The number of fused-ring (bicyclic) bond motifs is 1. The largest absolute Gasteiger partial charge is 0.474 e. The Bertz CT molecular complexity index is 891. The smallest absolute Gasteiger partial charge is 0.410 e. The first-order valence-corrected chi connectivity index (χ1v) is 9.42. The minimum atomic E-state index is -3.20. The number of amides is 1. The fourth-order valence-corrected chi connectivity index (χ4v) is 2.97. The number of rotatable bonds is 3. The molecule has 2 aromatic heterocycles. The molecule has 1 aliphatic heterocycles. The maximum Gasteiger partial charge on any atom is 0.410 e. The SMILES string of the molecule is CC(C)(C)OC(=O)N1C[C@@H](COc2nc(Cl)cc3ncccc23)OCC(F)(F)C1. The number of aromatic nitrogens is 2. The number of pyridine rings is 2. The highest BCUT2D eigenvalue weighted by Crippen LogP contribution is 2.26. The van der Waals surface area contributed by atoms with E-state index in [0.717, 1.165) is 4.90 Å². The van der Waals surface area contributed by atoms with Crippen LogP contribution in [0.1, 0.15) is 20.8 Å². The quantitative estimate of drug-likeness (QED) is 0.688. The highest BCUT2D eigenvalue weighted by Gasteiger charge is 2.40. The van der Waals surface area contributed by atoms with Crippen LogP contribution < -0.4 is 4.74 Å². The summed E-state index contributed by atoms with van der Waals surface area (Å²) in [5, 5.41) is 0.815. The second-order valence-corrected chi connectivity index (χ2v) is 8.17. The van der Waals surface area contributed by atoms with Crippen molar-refractivity contribution in [3.63, 3.8) is 0 Å². The van der Waals surface area contributed by atoms with Gasteiger partial charge in [0.2, 0.25) is 5.88 Å². The summed E-state index contributed by atoms with van der Waals surface area (Å²) in [5.74, 6) is -2.99. The molecule has 0 bridgehead atoms. The molecule has 1 aliphatic rings. The van der Waals surface area contributed by atoms with E-state index in [1.165, 1.54) is 0 Å². The van der Waals surface area contributed by atoms with Crippen molar-refractivity contribution in [1.82, 2.24) is 14.9 Å². The lowest BCUT2D eigenvalue weighted by atomic mass is 10.2. The number of halogens is 3. The third-order valence-electron chi connectivity index (χ3n) is 3.97. The van der Waals surface area contributed by atoms with Crippen LogP contribution in [-0.2, 0) is 9.47 Å². The van der Waals surface area contributed by atoms with Crippen LogP contribution in [0.25, 0.3) is 10.9 Å². The lowest BCUT2D eigenvalue weighted by molar-refractivity contribution is -0.0872.